The molecular formula is C75H62BN3S. The Morgan fingerprint density at radius 3 is 1.71 bits per heavy atom. The summed E-state index contributed by atoms with van der Waals surface area (Å²) < 4.78 is 5.48. The SMILES string of the molecule is CC(C)(C)c1ccc(N2c3cc4c(cc3B3c5c2cc2c(c5-c5cc(N(c6ccccc6)c6ccccc6)cc6c7sc8ccccc8c7n3c56)C(C)(C)c3ccccc3-2)C(C)(C)c2ccccc2C4(C)C)c(-c2ccccc2)c1. The molecule has 0 saturated carbocycles. The number of hydrogen-bond acceptors (Lipinski definition) is 3. The van der Waals surface area contributed by atoms with Crippen LogP contribution >= 0.6 is 11.3 Å². The average molecular weight is 1050 g/mol. The average Bonchev–Trinajstić information content (AvgIpc) is 2.24. The molecule has 0 atom stereocenters. The molecule has 4 aliphatic rings. The molecule has 12 aromatic rings. The smallest absolute Gasteiger partial charge is 0.333 e. The molecule has 0 bridgehead atoms. The maximum atomic E-state index is 2.84. The standard InChI is InChI=1S/C75H62BN3S/c1-72(2,3)46-37-38-62(52(39-46)45-25-13-10-14-26-45)78-63-44-60-59(73(4,5)57-34-22-23-35-58(57)74(60,6)7)43-61(63)76-68-64(78)42-53-50-31-19-21-33-56(50)75(8,9)67(53)66(68)54-40-49(77(47-27-15-11-16-28-47)48-29-17-12-18-30-48)41-55-69(54)79(76)70-51-32-20-24-36-65(51)80-71(55)70/h10-44H,1-9H3. The van der Waals surface area contributed by atoms with Gasteiger partial charge in [0, 0.05) is 76.8 Å². The Hall–Kier alpha value is -8.38. The van der Waals surface area contributed by atoms with Crippen molar-refractivity contribution in [2.75, 3.05) is 9.80 Å². The predicted octanol–water partition coefficient (Wildman–Crippen LogP) is 19.1. The number of para-hydroxylation sites is 2. The number of hydrogen-bond donors (Lipinski definition) is 0. The number of anilines is 6. The molecule has 0 radical (unpaired) electrons. The lowest BCUT2D eigenvalue weighted by molar-refractivity contribution is 0.521. The molecule has 0 fully saturated rings. The van der Waals surface area contributed by atoms with Gasteiger partial charge < -0.3 is 14.3 Å². The van der Waals surface area contributed by atoms with Crippen molar-refractivity contribution in [2.24, 2.45) is 0 Å². The van der Waals surface area contributed by atoms with Crippen molar-refractivity contribution >= 4 is 94.4 Å². The Balaban J connectivity index is 1.13. The fourth-order valence-electron chi connectivity index (χ4n) is 15.3. The first-order valence-corrected chi connectivity index (χ1v) is 29.4. The second-order valence-electron chi connectivity index (χ2n) is 25.7. The maximum absolute atomic E-state index is 2.84. The first-order chi connectivity index (χ1) is 38.6. The molecule has 80 heavy (non-hydrogen) atoms. The largest absolute Gasteiger partial charge is 0.374 e. The summed E-state index contributed by atoms with van der Waals surface area (Å²) >= 11 is 1.95. The van der Waals surface area contributed by atoms with Crippen molar-refractivity contribution in [1.82, 2.24) is 4.48 Å². The molecule has 2 aliphatic carbocycles. The van der Waals surface area contributed by atoms with Crippen molar-refractivity contribution in [1.29, 1.82) is 0 Å². The molecule has 10 aromatic carbocycles. The van der Waals surface area contributed by atoms with E-state index in [1.165, 1.54) is 132 Å². The molecule has 0 N–H and O–H groups in total. The number of aromatic nitrogens is 1. The van der Waals surface area contributed by atoms with E-state index >= 15 is 0 Å². The van der Waals surface area contributed by atoms with Crippen LogP contribution in [-0.2, 0) is 21.7 Å². The summed E-state index contributed by atoms with van der Waals surface area (Å²) in [5.41, 5.74) is 28.9. The topological polar surface area (TPSA) is 11.4 Å². The van der Waals surface area contributed by atoms with Gasteiger partial charge in [-0.05, 0) is 144 Å². The molecule has 0 unspecified atom stereocenters. The molecule has 16 rings (SSSR count). The highest BCUT2D eigenvalue weighted by Gasteiger charge is 2.51. The monoisotopic (exact) mass is 1050 g/mol. The first kappa shape index (κ1) is 47.6. The van der Waals surface area contributed by atoms with Gasteiger partial charge in [0.05, 0.1) is 15.9 Å². The molecule has 4 heterocycles. The van der Waals surface area contributed by atoms with Crippen molar-refractivity contribution in [3.05, 3.63) is 251 Å². The van der Waals surface area contributed by atoms with Crippen LogP contribution in [0.1, 0.15) is 101 Å². The third kappa shape index (κ3) is 6.33. The van der Waals surface area contributed by atoms with E-state index in [0.29, 0.717) is 0 Å². The minimum absolute atomic E-state index is 0.0691. The second-order valence-corrected chi connectivity index (χ2v) is 26.7. The van der Waals surface area contributed by atoms with Gasteiger partial charge in [0.2, 0.25) is 0 Å². The van der Waals surface area contributed by atoms with Crippen LogP contribution in [0, 0.1) is 0 Å². The minimum Gasteiger partial charge on any atom is -0.374 e. The van der Waals surface area contributed by atoms with E-state index < -0.39 is 0 Å². The fourth-order valence-corrected chi connectivity index (χ4v) is 16.5. The zero-order valence-electron chi connectivity index (χ0n) is 47.0. The number of nitrogens with zero attached hydrogens (tertiary/aromatic N) is 3. The van der Waals surface area contributed by atoms with Gasteiger partial charge in [-0.3, -0.25) is 0 Å². The highest BCUT2D eigenvalue weighted by molar-refractivity contribution is 7.27. The molecule has 0 saturated heterocycles. The van der Waals surface area contributed by atoms with Crippen LogP contribution in [0.3, 0.4) is 0 Å². The lowest BCUT2D eigenvalue weighted by Crippen LogP contribution is -2.58. The van der Waals surface area contributed by atoms with Crippen molar-refractivity contribution < 1.29 is 0 Å². The van der Waals surface area contributed by atoms with Crippen molar-refractivity contribution in [3.63, 3.8) is 0 Å². The van der Waals surface area contributed by atoms with E-state index in [9.17, 15) is 0 Å². The Morgan fingerprint density at radius 2 is 1.04 bits per heavy atom. The van der Waals surface area contributed by atoms with E-state index in [4.69, 9.17) is 0 Å². The van der Waals surface area contributed by atoms with Crippen LogP contribution in [0.15, 0.2) is 212 Å². The molecule has 0 spiro atoms. The quantitative estimate of drug-likeness (QED) is 0.159. The van der Waals surface area contributed by atoms with E-state index in [0.717, 1.165) is 17.1 Å². The molecule has 0 amide bonds. The van der Waals surface area contributed by atoms with Crippen molar-refractivity contribution in [2.45, 2.75) is 84.0 Å². The summed E-state index contributed by atoms with van der Waals surface area (Å²) in [6, 6.07) is 81.3. The van der Waals surface area contributed by atoms with Gasteiger partial charge in [0.15, 0.2) is 0 Å². The summed E-state index contributed by atoms with van der Waals surface area (Å²) in [5.74, 6) is 0. The number of fused-ring (bicyclic) bond motifs is 15. The minimum atomic E-state index is -0.319. The molecule has 3 nitrogen and oxygen atoms in total. The van der Waals surface area contributed by atoms with Crippen LogP contribution in [0.25, 0.3) is 64.6 Å². The second kappa shape index (κ2) is 16.4. The van der Waals surface area contributed by atoms with Crippen LogP contribution in [0.4, 0.5) is 34.1 Å². The summed E-state index contributed by atoms with van der Waals surface area (Å²) in [7, 11) is 0. The molecular weight excluding hydrogens is 986 g/mol. The zero-order chi connectivity index (χ0) is 54.4. The summed E-state index contributed by atoms with van der Waals surface area (Å²) in [5, 5.41) is 2.60. The summed E-state index contributed by atoms with van der Waals surface area (Å²) in [4.78, 5) is 5.21. The predicted molar refractivity (Wildman–Crippen MR) is 342 cm³/mol. The first-order valence-electron chi connectivity index (χ1n) is 28.6. The highest BCUT2D eigenvalue weighted by atomic mass is 32.1. The summed E-state index contributed by atoms with van der Waals surface area (Å²) in [6.45, 7) is 21.7. The maximum Gasteiger partial charge on any atom is 0.333 e. The van der Waals surface area contributed by atoms with Crippen LogP contribution in [0.5, 0.6) is 0 Å². The van der Waals surface area contributed by atoms with E-state index in [2.05, 4.69) is 289 Å². The van der Waals surface area contributed by atoms with Crippen molar-refractivity contribution in [3.8, 4) is 33.4 Å². The van der Waals surface area contributed by atoms with Crippen LogP contribution in [0.2, 0.25) is 0 Å². The highest BCUT2D eigenvalue weighted by Crippen LogP contribution is 2.60. The third-order valence-corrected chi connectivity index (χ3v) is 20.3. The lowest BCUT2D eigenvalue weighted by Gasteiger charge is -2.47. The molecule has 2 aromatic heterocycles. The van der Waals surface area contributed by atoms with Gasteiger partial charge in [-0.25, -0.2) is 0 Å². The molecule has 5 heteroatoms. The summed E-state index contributed by atoms with van der Waals surface area (Å²) in [6.07, 6.45) is 0. The molecule has 386 valence electrons. The lowest BCUT2D eigenvalue weighted by atomic mass is 9.43. The van der Waals surface area contributed by atoms with Gasteiger partial charge in [0.25, 0.3) is 0 Å². The van der Waals surface area contributed by atoms with Crippen LogP contribution in [-0.4, -0.2) is 11.3 Å². The van der Waals surface area contributed by atoms with E-state index in [1.54, 1.807) is 0 Å². The normalized spacial score (nSPS) is 15.6. The Labute approximate surface area is 474 Å². The number of benzene rings is 10. The Kier molecular flexibility index (Phi) is 9.74. The van der Waals surface area contributed by atoms with E-state index in [-0.39, 0.29) is 28.5 Å². The Bertz CT molecular complexity index is 4570. The fraction of sp³-hybridized carbons (Fsp3) is 0.173. The third-order valence-electron chi connectivity index (χ3n) is 19.1. The van der Waals surface area contributed by atoms with Crippen LogP contribution < -0.4 is 20.7 Å². The van der Waals surface area contributed by atoms with Gasteiger partial charge >= 0.3 is 6.85 Å². The molecule has 2 aliphatic heterocycles. The number of rotatable bonds is 5. The number of thiophene rings is 1. The van der Waals surface area contributed by atoms with Gasteiger partial charge in [-0.1, -0.05) is 208 Å². The van der Waals surface area contributed by atoms with Gasteiger partial charge in [-0.15, -0.1) is 11.3 Å². The van der Waals surface area contributed by atoms with E-state index in [1.807, 2.05) is 11.3 Å². The van der Waals surface area contributed by atoms with Gasteiger partial charge in [0.1, 0.15) is 0 Å². The Morgan fingerprint density at radius 1 is 0.438 bits per heavy atom. The zero-order valence-corrected chi connectivity index (χ0v) is 47.9. The van der Waals surface area contributed by atoms with Gasteiger partial charge in [-0.2, -0.15) is 0 Å².